The van der Waals surface area contributed by atoms with Gasteiger partial charge < -0.3 is 19.7 Å². The van der Waals surface area contributed by atoms with Crippen molar-refractivity contribution in [3.63, 3.8) is 0 Å². The maximum absolute atomic E-state index is 12.6. The summed E-state index contributed by atoms with van der Waals surface area (Å²) in [4.78, 5) is 18.8. The van der Waals surface area contributed by atoms with Gasteiger partial charge in [-0.1, -0.05) is 13.8 Å². The predicted molar refractivity (Wildman–Crippen MR) is 109 cm³/mol. The molecule has 28 heavy (non-hydrogen) atoms. The largest absolute Gasteiger partial charge is 0.497 e. The summed E-state index contributed by atoms with van der Waals surface area (Å²) in [6.45, 7) is 5.64. The zero-order chi connectivity index (χ0) is 19.9. The molecule has 1 aromatic carbocycles. The lowest BCUT2D eigenvalue weighted by molar-refractivity contribution is 0.191. The van der Waals surface area contributed by atoms with Crippen LogP contribution in [0.4, 0.5) is 4.79 Å². The molecule has 1 aromatic heterocycles. The van der Waals surface area contributed by atoms with Crippen LogP contribution in [0.5, 0.6) is 17.4 Å². The first-order chi connectivity index (χ1) is 13.5. The highest BCUT2D eigenvalue weighted by molar-refractivity contribution is 5.74. The third kappa shape index (κ3) is 5.87. The summed E-state index contributed by atoms with van der Waals surface area (Å²) in [5, 5.41) is 3.04. The van der Waals surface area contributed by atoms with Crippen LogP contribution in [-0.2, 0) is 6.54 Å². The van der Waals surface area contributed by atoms with Gasteiger partial charge in [-0.15, -0.1) is 0 Å². The van der Waals surface area contributed by atoms with E-state index in [0.29, 0.717) is 30.1 Å². The van der Waals surface area contributed by atoms with Gasteiger partial charge in [0.15, 0.2) is 0 Å². The standard InChI is InChI=1S/C22H29N3O3/c1-16(2)11-13-25(18-4-5-18)22(26)24-15-17-10-12-23-21(14-17)28-20-8-6-19(27-3)7-9-20/h6-10,12,14,16,18H,4-5,11,13,15H2,1-3H3,(H,24,26). The van der Waals surface area contributed by atoms with Crippen molar-refractivity contribution in [3.8, 4) is 17.4 Å². The molecule has 0 atom stereocenters. The molecule has 6 heteroatoms. The van der Waals surface area contributed by atoms with Crippen molar-refractivity contribution >= 4 is 6.03 Å². The SMILES string of the molecule is COc1ccc(Oc2cc(CNC(=O)N(CCC(C)C)C3CC3)ccn2)cc1. The van der Waals surface area contributed by atoms with Crippen molar-refractivity contribution in [2.24, 2.45) is 5.92 Å². The molecule has 1 N–H and O–H groups in total. The van der Waals surface area contributed by atoms with Crippen LogP contribution in [0, 0.1) is 5.92 Å². The summed E-state index contributed by atoms with van der Waals surface area (Å²) in [6, 6.07) is 11.5. The van der Waals surface area contributed by atoms with Crippen molar-refractivity contribution in [1.29, 1.82) is 0 Å². The Hall–Kier alpha value is -2.76. The molecule has 3 rings (SSSR count). The van der Waals surface area contributed by atoms with E-state index < -0.39 is 0 Å². The highest BCUT2D eigenvalue weighted by Crippen LogP contribution is 2.27. The summed E-state index contributed by atoms with van der Waals surface area (Å²) in [5.41, 5.74) is 0.950. The Bertz CT molecular complexity index is 773. The van der Waals surface area contributed by atoms with E-state index >= 15 is 0 Å². The van der Waals surface area contributed by atoms with Crippen molar-refractivity contribution < 1.29 is 14.3 Å². The molecule has 0 unspecified atom stereocenters. The van der Waals surface area contributed by atoms with Gasteiger partial charge in [0, 0.05) is 31.4 Å². The van der Waals surface area contributed by atoms with Crippen molar-refractivity contribution in [2.45, 2.75) is 45.7 Å². The minimum absolute atomic E-state index is 0.0117. The fraction of sp³-hybridized carbons (Fsp3) is 0.455. The number of amides is 2. The molecule has 0 aliphatic heterocycles. The lowest BCUT2D eigenvalue weighted by atomic mass is 10.1. The Morgan fingerprint density at radius 2 is 1.93 bits per heavy atom. The molecule has 1 heterocycles. The minimum atomic E-state index is 0.0117. The molecule has 2 amide bonds. The van der Waals surface area contributed by atoms with Crippen molar-refractivity contribution in [2.75, 3.05) is 13.7 Å². The summed E-state index contributed by atoms with van der Waals surface area (Å²) in [5.74, 6) is 2.54. The third-order valence-corrected chi connectivity index (χ3v) is 4.72. The molecule has 6 nitrogen and oxygen atoms in total. The first-order valence-corrected chi connectivity index (χ1v) is 9.86. The number of aromatic nitrogens is 1. The van der Waals surface area contributed by atoms with Gasteiger partial charge in [-0.05, 0) is 61.1 Å². The number of pyridine rings is 1. The first-order valence-electron chi connectivity index (χ1n) is 9.86. The van der Waals surface area contributed by atoms with Gasteiger partial charge in [-0.25, -0.2) is 9.78 Å². The van der Waals surface area contributed by atoms with Gasteiger partial charge in [0.2, 0.25) is 5.88 Å². The monoisotopic (exact) mass is 383 g/mol. The second-order valence-corrected chi connectivity index (χ2v) is 7.55. The zero-order valence-corrected chi connectivity index (χ0v) is 16.9. The number of methoxy groups -OCH3 is 1. The second-order valence-electron chi connectivity index (χ2n) is 7.55. The average Bonchev–Trinajstić information content (AvgIpc) is 3.52. The van der Waals surface area contributed by atoms with E-state index in [4.69, 9.17) is 9.47 Å². The lowest BCUT2D eigenvalue weighted by Gasteiger charge is -2.23. The van der Waals surface area contributed by atoms with Crippen LogP contribution >= 0.6 is 0 Å². The highest BCUT2D eigenvalue weighted by atomic mass is 16.5. The number of ether oxygens (including phenoxy) is 2. The molecule has 1 aliphatic carbocycles. The van der Waals surface area contributed by atoms with E-state index in [1.807, 2.05) is 41.3 Å². The fourth-order valence-corrected chi connectivity index (χ4v) is 2.89. The molecule has 0 saturated heterocycles. The Morgan fingerprint density at radius 3 is 2.57 bits per heavy atom. The lowest BCUT2D eigenvalue weighted by Crippen LogP contribution is -2.41. The van der Waals surface area contributed by atoms with Crippen LogP contribution < -0.4 is 14.8 Å². The zero-order valence-electron chi connectivity index (χ0n) is 16.9. The quantitative estimate of drug-likeness (QED) is 0.687. The summed E-state index contributed by atoms with van der Waals surface area (Å²) >= 11 is 0. The smallest absolute Gasteiger partial charge is 0.317 e. The third-order valence-electron chi connectivity index (χ3n) is 4.72. The fourth-order valence-electron chi connectivity index (χ4n) is 2.89. The van der Waals surface area contributed by atoms with Crippen LogP contribution in [0.15, 0.2) is 42.6 Å². The highest BCUT2D eigenvalue weighted by Gasteiger charge is 2.32. The number of rotatable bonds is 9. The van der Waals surface area contributed by atoms with Gasteiger partial charge in [0.05, 0.1) is 7.11 Å². The minimum Gasteiger partial charge on any atom is -0.497 e. The van der Waals surface area contributed by atoms with Gasteiger partial charge >= 0.3 is 6.03 Å². The molecule has 2 aromatic rings. The first kappa shape index (κ1) is 20.0. The molecule has 1 aliphatic rings. The van der Waals surface area contributed by atoms with Crippen molar-refractivity contribution in [3.05, 3.63) is 48.2 Å². The van der Waals surface area contributed by atoms with E-state index in [1.54, 1.807) is 13.3 Å². The second kappa shape index (κ2) is 9.44. The van der Waals surface area contributed by atoms with Crippen LogP contribution in [0.3, 0.4) is 0 Å². The number of hydrogen-bond acceptors (Lipinski definition) is 4. The van der Waals surface area contributed by atoms with Crippen molar-refractivity contribution in [1.82, 2.24) is 15.2 Å². The maximum atomic E-state index is 12.6. The molecule has 150 valence electrons. The number of carbonyl (C=O) groups excluding carboxylic acids is 1. The topological polar surface area (TPSA) is 63.7 Å². The van der Waals surface area contributed by atoms with Gasteiger partial charge in [0.25, 0.3) is 0 Å². The number of hydrogen-bond donors (Lipinski definition) is 1. The van der Waals surface area contributed by atoms with Crippen LogP contribution in [0.25, 0.3) is 0 Å². The predicted octanol–water partition coefficient (Wildman–Crippen LogP) is 4.60. The maximum Gasteiger partial charge on any atom is 0.317 e. The molecule has 0 bridgehead atoms. The van der Waals surface area contributed by atoms with Gasteiger partial charge in [0.1, 0.15) is 11.5 Å². The van der Waals surface area contributed by atoms with Crippen LogP contribution in [0.2, 0.25) is 0 Å². The van der Waals surface area contributed by atoms with E-state index in [1.165, 1.54) is 0 Å². The summed E-state index contributed by atoms with van der Waals surface area (Å²) in [6.07, 6.45) is 4.94. The summed E-state index contributed by atoms with van der Waals surface area (Å²) in [7, 11) is 1.63. The number of nitrogens with zero attached hydrogens (tertiary/aromatic N) is 2. The van der Waals surface area contributed by atoms with E-state index in [9.17, 15) is 4.79 Å². The van der Waals surface area contributed by atoms with Gasteiger partial charge in [-0.3, -0.25) is 0 Å². The summed E-state index contributed by atoms with van der Waals surface area (Å²) < 4.78 is 10.9. The number of benzene rings is 1. The number of carbonyl (C=O) groups is 1. The van der Waals surface area contributed by atoms with E-state index in [2.05, 4.69) is 24.1 Å². The molecular weight excluding hydrogens is 354 g/mol. The van der Waals surface area contributed by atoms with E-state index in [0.717, 1.165) is 37.1 Å². The Balaban J connectivity index is 1.55. The van der Waals surface area contributed by atoms with Crippen LogP contribution in [0.1, 0.15) is 38.7 Å². The molecule has 1 fully saturated rings. The number of nitrogens with one attached hydrogen (secondary N) is 1. The average molecular weight is 383 g/mol. The van der Waals surface area contributed by atoms with Gasteiger partial charge in [-0.2, -0.15) is 0 Å². The molecular formula is C22H29N3O3. The van der Waals surface area contributed by atoms with E-state index in [-0.39, 0.29) is 6.03 Å². The normalized spacial score (nSPS) is 13.3. The Labute approximate surface area is 166 Å². The molecule has 0 radical (unpaired) electrons. The number of urea groups is 1. The molecule has 0 spiro atoms. The Morgan fingerprint density at radius 1 is 1.21 bits per heavy atom. The van der Waals surface area contributed by atoms with Crippen LogP contribution in [-0.4, -0.2) is 35.6 Å². The molecule has 1 saturated carbocycles. The Kier molecular flexibility index (Phi) is 6.74.